The van der Waals surface area contributed by atoms with E-state index in [0.29, 0.717) is 0 Å². The summed E-state index contributed by atoms with van der Waals surface area (Å²) in [6, 6.07) is 61.6. The molecule has 0 spiro atoms. The molecule has 1 aliphatic heterocycles. The van der Waals surface area contributed by atoms with Gasteiger partial charge in [-0.1, -0.05) is 140 Å². The number of benzene rings is 7. The Hall–Kier alpha value is -5.94. The first-order chi connectivity index (χ1) is 24.8. The van der Waals surface area contributed by atoms with Gasteiger partial charge in [-0.25, -0.2) is 0 Å². The van der Waals surface area contributed by atoms with Crippen LogP contribution in [0.3, 0.4) is 0 Å². The summed E-state index contributed by atoms with van der Waals surface area (Å²) in [7, 11) is 0. The number of hydrogen-bond acceptors (Lipinski definition) is 3. The van der Waals surface area contributed by atoms with Gasteiger partial charge >= 0.3 is 0 Å². The van der Waals surface area contributed by atoms with Crippen LogP contribution in [0, 0.1) is 0 Å². The number of para-hydroxylation sites is 1. The maximum atomic E-state index is 3.86. The molecule has 3 nitrogen and oxygen atoms in total. The van der Waals surface area contributed by atoms with Crippen LogP contribution in [-0.2, 0) is 0 Å². The molecule has 0 aliphatic carbocycles. The highest BCUT2D eigenvalue weighted by atomic mass is 32.1. The lowest BCUT2D eigenvalue weighted by atomic mass is 9.98. The van der Waals surface area contributed by atoms with Crippen molar-refractivity contribution in [2.24, 2.45) is 0 Å². The van der Waals surface area contributed by atoms with Crippen LogP contribution >= 0.6 is 11.3 Å². The standard InChI is InChI=1S/C46H33N3S/c1-3-12-30(13-4-1)40-29-41(31-14-5-2-6-15-31)48-46(47-40)32-22-25-34(26-23-32)49-42-20-9-7-16-36(42)37-27-24-33(28-43(37)49)35-18-11-19-39-38-17-8-10-21-44(38)50-45(35)39/h1-29,40,46-48H. The highest BCUT2D eigenvalue weighted by molar-refractivity contribution is 7.26. The first-order valence-electron chi connectivity index (χ1n) is 17.2. The molecule has 0 amide bonds. The van der Waals surface area contributed by atoms with E-state index >= 15 is 0 Å². The number of nitrogens with one attached hydrogen (secondary N) is 2. The second kappa shape index (κ2) is 11.9. The van der Waals surface area contributed by atoms with Crippen LogP contribution in [0.4, 0.5) is 0 Å². The Labute approximate surface area is 294 Å². The Kier molecular flexibility index (Phi) is 6.90. The Morgan fingerprint density at radius 2 is 1.20 bits per heavy atom. The molecular weight excluding hydrogens is 627 g/mol. The minimum absolute atomic E-state index is 0.0546. The van der Waals surface area contributed by atoms with E-state index in [1.165, 1.54) is 69.8 Å². The summed E-state index contributed by atoms with van der Waals surface area (Å²) in [6.45, 7) is 0. The molecule has 2 aromatic heterocycles. The van der Waals surface area contributed by atoms with Crippen molar-refractivity contribution >= 4 is 59.0 Å². The number of rotatable bonds is 5. The topological polar surface area (TPSA) is 29.0 Å². The number of aromatic nitrogens is 1. The van der Waals surface area contributed by atoms with Crippen LogP contribution in [0.1, 0.15) is 28.9 Å². The van der Waals surface area contributed by atoms with Gasteiger partial charge in [-0.05, 0) is 64.2 Å². The second-order valence-electron chi connectivity index (χ2n) is 13.0. The van der Waals surface area contributed by atoms with Gasteiger partial charge in [-0.3, -0.25) is 5.32 Å². The summed E-state index contributed by atoms with van der Waals surface area (Å²) in [6.07, 6.45) is 2.24. The highest BCUT2D eigenvalue weighted by Crippen LogP contribution is 2.42. The van der Waals surface area contributed by atoms with E-state index in [0.717, 1.165) is 11.4 Å². The van der Waals surface area contributed by atoms with E-state index in [1.54, 1.807) is 0 Å². The van der Waals surface area contributed by atoms with Crippen molar-refractivity contribution in [3.05, 3.63) is 193 Å². The lowest BCUT2D eigenvalue weighted by Gasteiger charge is -2.33. The molecule has 10 rings (SSSR count). The fourth-order valence-corrected chi connectivity index (χ4v) is 8.91. The lowest BCUT2D eigenvalue weighted by molar-refractivity contribution is 0.442. The molecule has 238 valence electrons. The van der Waals surface area contributed by atoms with E-state index in [4.69, 9.17) is 0 Å². The molecule has 2 N–H and O–H groups in total. The van der Waals surface area contributed by atoms with Crippen molar-refractivity contribution in [2.75, 3.05) is 0 Å². The van der Waals surface area contributed by atoms with Gasteiger partial charge in [0.25, 0.3) is 0 Å². The molecule has 3 heterocycles. The minimum atomic E-state index is -0.0546. The smallest absolute Gasteiger partial charge is 0.104 e. The number of hydrogen-bond donors (Lipinski definition) is 2. The minimum Gasteiger partial charge on any atom is -0.366 e. The zero-order valence-corrected chi connectivity index (χ0v) is 28.1. The van der Waals surface area contributed by atoms with Crippen LogP contribution in [0.5, 0.6) is 0 Å². The van der Waals surface area contributed by atoms with Gasteiger partial charge in [-0.2, -0.15) is 0 Å². The van der Waals surface area contributed by atoms with Crippen LogP contribution < -0.4 is 10.6 Å². The summed E-state index contributed by atoms with van der Waals surface area (Å²) in [5.41, 5.74) is 10.8. The van der Waals surface area contributed by atoms with Crippen molar-refractivity contribution in [1.82, 2.24) is 15.2 Å². The van der Waals surface area contributed by atoms with Gasteiger partial charge in [0, 0.05) is 42.3 Å². The predicted molar refractivity (Wildman–Crippen MR) is 212 cm³/mol. The summed E-state index contributed by atoms with van der Waals surface area (Å²) in [5.74, 6) is 0. The second-order valence-corrected chi connectivity index (χ2v) is 14.1. The molecule has 0 saturated carbocycles. The van der Waals surface area contributed by atoms with Gasteiger partial charge in [0.15, 0.2) is 0 Å². The Morgan fingerprint density at radius 1 is 0.500 bits per heavy atom. The number of thiophene rings is 1. The van der Waals surface area contributed by atoms with Crippen molar-refractivity contribution in [2.45, 2.75) is 12.2 Å². The average molecular weight is 660 g/mol. The Balaban J connectivity index is 1.07. The zero-order valence-electron chi connectivity index (χ0n) is 27.3. The van der Waals surface area contributed by atoms with E-state index in [2.05, 4.69) is 191 Å². The molecule has 1 aliphatic rings. The maximum Gasteiger partial charge on any atom is 0.104 e. The summed E-state index contributed by atoms with van der Waals surface area (Å²) < 4.78 is 5.09. The normalized spacial score (nSPS) is 16.2. The number of nitrogens with zero attached hydrogens (tertiary/aromatic N) is 1. The van der Waals surface area contributed by atoms with Gasteiger partial charge in [0.2, 0.25) is 0 Å². The third-order valence-electron chi connectivity index (χ3n) is 10.1. The van der Waals surface area contributed by atoms with E-state index in [9.17, 15) is 0 Å². The van der Waals surface area contributed by atoms with Gasteiger partial charge in [0.1, 0.15) is 6.17 Å². The van der Waals surface area contributed by atoms with Crippen LogP contribution in [-0.4, -0.2) is 4.57 Å². The Morgan fingerprint density at radius 3 is 2.04 bits per heavy atom. The van der Waals surface area contributed by atoms with Crippen LogP contribution in [0.2, 0.25) is 0 Å². The third-order valence-corrected chi connectivity index (χ3v) is 11.3. The maximum absolute atomic E-state index is 3.86. The molecule has 9 aromatic rings. The fourth-order valence-electron chi connectivity index (χ4n) is 7.68. The van der Waals surface area contributed by atoms with E-state index in [1.807, 2.05) is 11.3 Å². The molecule has 4 heteroatoms. The van der Waals surface area contributed by atoms with Crippen molar-refractivity contribution in [1.29, 1.82) is 0 Å². The SMILES string of the molecule is C1=C(c2ccccc2)NC(c2ccc(-n3c4ccccc4c4ccc(-c5cccc6c5sc5ccccc56)cc43)cc2)NC1c1ccccc1. The quantitative estimate of drug-likeness (QED) is 0.193. The van der Waals surface area contributed by atoms with Crippen molar-refractivity contribution in [3.8, 4) is 16.8 Å². The van der Waals surface area contributed by atoms with E-state index < -0.39 is 0 Å². The molecule has 0 bridgehead atoms. The highest BCUT2D eigenvalue weighted by Gasteiger charge is 2.24. The van der Waals surface area contributed by atoms with Crippen LogP contribution in [0.25, 0.3) is 64.5 Å². The molecule has 0 fully saturated rings. The first kappa shape index (κ1) is 29.0. The molecule has 50 heavy (non-hydrogen) atoms. The van der Waals surface area contributed by atoms with Gasteiger partial charge < -0.3 is 9.88 Å². The Bertz CT molecular complexity index is 2700. The number of fused-ring (bicyclic) bond motifs is 6. The largest absolute Gasteiger partial charge is 0.366 e. The first-order valence-corrected chi connectivity index (χ1v) is 18.0. The van der Waals surface area contributed by atoms with Crippen molar-refractivity contribution in [3.63, 3.8) is 0 Å². The lowest BCUT2D eigenvalue weighted by Crippen LogP contribution is -2.39. The zero-order chi connectivity index (χ0) is 33.0. The molecule has 7 aromatic carbocycles. The molecule has 0 saturated heterocycles. The monoisotopic (exact) mass is 659 g/mol. The molecule has 2 atom stereocenters. The predicted octanol–water partition coefficient (Wildman–Crippen LogP) is 11.8. The van der Waals surface area contributed by atoms with Gasteiger partial charge in [-0.15, -0.1) is 11.3 Å². The van der Waals surface area contributed by atoms with Crippen LogP contribution in [0.15, 0.2) is 176 Å². The molecular formula is C46H33N3S. The van der Waals surface area contributed by atoms with Gasteiger partial charge in [0.05, 0.1) is 17.1 Å². The average Bonchev–Trinajstić information content (AvgIpc) is 3.74. The van der Waals surface area contributed by atoms with Crippen molar-refractivity contribution < 1.29 is 0 Å². The molecule has 2 unspecified atom stereocenters. The third kappa shape index (κ3) is 4.84. The molecule has 0 radical (unpaired) electrons. The summed E-state index contributed by atoms with van der Waals surface area (Å²) >= 11 is 1.88. The fraction of sp³-hybridized carbons (Fsp3) is 0.0435. The summed E-state index contributed by atoms with van der Waals surface area (Å²) in [4.78, 5) is 0. The van der Waals surface area contributed by atoms with E-state index in [-0.39, 0.29) is 12.2 Å². The summed E-state index contributed by atoms with van der Waals surface area (Å²) in [5, 5.41) is 12.8.